The van der Waals surface area contributed by atoms with Crippen LogP contribution in [0.2, 0.25) is 5.02 Å². The monoisotopic (exact) mass is 549 g/mol. The Morgan fingerprint density at radius 3 is 2.52 bits per heavy atom. The number of benzene rings is 3. The lowest BCUT2D eigenvalue weighted by atomic mass is 10.0. The van der Waals surface area contributed by atoms with Crippen molar-refractivity contribution in [3.8, 4) is 11.8 Å². The zero-order valence-corrected chi connectivity index (χ0v) is 18.6. The van der Waals surface area contributed by atoms with E-state index in [9.17, 15) is 5.26 Å². The molecule has 0 amide bonds. The Hall–Kier alpha value is -1.81. The minimum Gasteiger partial charge on any atom is -0.488 e. The Balaban J connectivity index is 1.78. The minimum absolute atomic E-state index is 0.502. The molecule has 3 rings (SSSR count). The summed E-state index contributed by atoms with van der Waals surface area (Å²) in [7, 11) is 0. The summed E-state index contributed by atoms with van der Waals surface area (Å²) in [6.07, 6.45) is 1.84. The Labute approximate surface area is 185 Å². The third-order valence-electron chi connectivity index (χ3n) is 3.86. The highest BCUT2D eigenvalue weighted by Gasteiger charge is 2.07. The van der Waals surface area contributed by atoms with Gasteiger partial charge in [-0.2, -0.15) is 5.26 Å². The van der Waals surface area contributed by atoms with Crippen LogP contribution < -0.4 is 4.74 Å². The van der Waals surface area contributed by atoms with Gasteiger partial charge in [-0.1, -0.05) is 63.9 Å². The molecule has 0 saturated carbocycles. The first-order valence-corrected chi connectivity index (χ1v) is 10.4. The van der Waals surface area contributed by atoms with Crippen LogP contribution in [0.4, 0.5) is 0 Å². The fraction of sp³-hybridized carbons (Fsp3) is 0.0455. The number of allylic oxidation sites excluding steroid dienone is 1. The molecule has 0 unspecified atom stereocenters. The van der Waals surface area contributed by atoms with E-state index < -0.39 is 0 Å². The summed E-state index contributed by atoms with van der Waals surface area (Å²) in [5, 5.41) is 10.1. The second-order valence-corrected chi connectivity index (χ2v) is 8.24. The molecule has 5 heteroatoms. The van der Waals surface area contributed by atoms with Crippen molar-refractivity contribution in [2.45, 2.75) is 6.61 Å². The van der Waals surface area contributed by atoms with E-state index in [0.717, 1.165) is 30.5 Å². The van der Waals surface area contributed by atoms with Crippen molar-refractivity contribution in [2.75, 3.05) is 0 Å². The number of halogens is 3. The van der Waals surface area contributed by atoms with Crippen molar-refractivity contribution in [2.24, 2.45) is 0 Å². The Kier molecular flexibility index (Phi) is 6.95. The molecule has 3 aromatic rings. The van der Waals surface area contributed by atoms with Gasteiger partial charge < -0.3 is 4.74 Å². The maximum absolute atomic E-state index is 9.51. The van der Waals surface area contributed by atoms with Crippen molar-refractivity contribution in [1.29, 1.82) is 5.26 Å². The van der Waals surface area contributed by atoms with E-state index in [0.29, 0.717) is 17.2 Å². The molecule has 0 aliphatic rings. The number of hydrogen-bond acceptors (Lipinski definition) is 2. The Bertz CT molecular complexity index is 1030. The van der Waals surface area contributed by atoms with E-state index in [4.69, 9.17) is 16.3 Å². The largest absolute Gasteiger partial charge is 0.488 e. The molecule has 0 saturated heterocycles. The first-order valence-electron chi connectivity index (χ1n) is 8.10. The smallest absolute Gasteiger partial charge is 0.133 e. The summed E-state index contributed by atoms with van der Waals surface area (Å²) in [6.45, 7) is 0.502. The third kappa shape index (κ3) is 5.35. The number of nitriles is 1. The van der Waals surface area contributed by atoms with Crippen molar-refractivity contribution < 1.29 is 4.74 Å². The summed E-state index contributed by atoms with van der Waals surface area (Å²) in [6, 6.07) is 23.5. The van der Waals surface area contributed by atoms with Gasteiger partial charge in [-0.3, -0.25) is 0 Å². The van der Waals surface area contributed by atoms with E-state index in [2.05, 4.69) is 44.6 Å². The molecule has 0 bridgehead atoms. The second kappa shape index (κ2) is 9.41. The van der Waals surface area contributed by atoms with Crippen LogP contribution in [-0.2, 0) is 6.61 Å². The molecule has 134 valence electrons. The SMILES string of the molecule is N#CC(=Cc1ccc(OCc2ccc(Br)cc2)c(I)c1)c1ccccc1Cl. The van der Waals surface area contributed by atoms with Crippen molar-refractivity contribution in [1.82, 2.24) is 0 Å². The Morgan fingerprint density at radius 2 is 1.85 bits per heavy atom. The zero-order valence-electron chi connectivity index (χ0n) is 14.1. The van der Waals surface area contributed by atoms with Crippen molar-refractivity contribution in [3.05, 3.63) is 96.5 Å². The van der Waals surface area contributed by atoms with E-state index in [1.54, 1.807) is 6.07 Å². The number of hydrogen-bond donors (Lipinski definition) is 0. The van der Waals surface area contributed by atoms with Gasteiger partial charge in [0.05, 0.1) is 15.2 Å². The van der Waals surface area contributed by atoms with Gasteiger partial charge in [-0.25, -0.2) is 0 Å². The van der Waals surface area contributed by atoms with Gasteiger partial charge in [0.2, 0.25) is 0 Å². The van der Waals surface area contributed by atoms with Crippen LogP contribution in [0.1, 0.15) is 16.7 Å². The van der Waals surface area contributed by atoms with Crippen LogP contribution in [0.5, 0.6) is 5.75 Å². The summed E-state index contributed by atoms with van der Waals surface area (Å²) in [5.74, 6) is 0.812. The van der Waals surface area contributed by atoms with Gasteiger partial charge in [0.25, 0.3) is 0 Å². The predicted octanol–water partition coefficient (Wildman–Crippen LogP) is 7.35. The molecule has 0 N–H and O–H groups in total. The molecule has 0 spiro atoms. The number of nitrogens with zero attached hydrogens (tertiary/aromatic N) is 1. The molecule has 0 heterocycles. The quantitative estimate of drug-likeness (QED) is 0.189. The number of ether oxygens (including phenoxy) is 1. The fourth-order valence-electron chi connectivity index (χ4n) is 2.48. The van der Waals surface area contributed by atoms with Crippen molar-refractivity contribution in [3.63, 3.8) is 0 Å². The normalized spacial score (nSPS) is 11.1. The average Bonchev–Trinajstić information content (AvgIpc) is 2.67. The standard InChI is InChI=1S/C22H14BrClINO/c23-18-8-5-15(6-9-18)14-27-22-10-7-16(12-21(22)25)11-17(13-26)19-3-1-2-4-20(19)24/h1-12H,14H2. The molecule has 0 fully saturated rings. The molecular weight excluding hydrogens is 537 g/mol. The van der Waals surface area contributed by atoms with Crippen molar-refractivity contribution >= 4 is 61.8 Å². The molecule has 0 aromatic heterocycles. The highest BCUT2D eigenvalue weighted by atomic mass is 127. The lowest BCUT2D eigenvalue weighted by Gasteiger charge is -2.09. The van der Waals surface area contributed by atoms with Gasteiger partial charge in [0, 0.05) is 15.1 Å². The second-order valence-electron chi connectivity index (χ2n) is 5.75. The highest BCUT2D eigenvalue weighted by Crippen LogP contribution is 2.28. The first kappa shape index (κ1) is 19.9. The molecule has 0 aliphatic carbocycles. The van der Waals surface area contributed by atoms with Crippen LogP contribution >= 0.6 is 50.1 Å². The van der Waals surface area contributed by atoms with Gasteiger partial charge in [-0.05, 0) is 70.1 Å². The number of rotatable bonds is 5. The summed E-state index contributed by atoms with van der Waals surface area (Å²) >= 11 is 11.9. The summed E-state index contributed by atoms with van der Waals surface area (Å²) in [4.78, 5) is 0. The first-order chi connectivity index (χ1) is 13.1. The van der Waals surface area contributed by atoms with E-state index in [-0.39, 0.29) is 0 Å². The molecule has 2 nitrogen and oxygen atoms in total. The molecule has 0 atom stereocenters. The maximum Gasteiger partial charge on any atom is 0.133 e. The topological polar surface area (TPSA) is 33.0 Å². The molecule has 27 heavy (non-hydrogen) atoms. The molecule has 0 aliphatic heterocycles. The minimum atomic E-state index is 0.502. The molecule has 3 aromatic carbocycles. The van der Waals surface area contributed by atoms with Gasteiger partial charge in [-0.15, -0.1) is 0 Å². The van der Waals surface area contributed by atoms with Crippen LogP contribution in [0.15, 0.2) is 71.2 Å². The van der Waals surface area contributed by atoms with Crippen LogP contribution in [-0.4, -0.2) is 0 Å². The van der Waals surface area contributed by atoms with Crippen LogP contribution in [0, 0.1) is 14.9 Å². The van der Waals surface area contributed by atoms with Gasteiger partial charge in [0.1, 0.15) is 12.4 Å². The van der Waals surface area contributed by atoms with Crippen LogP contribution in [0.3, 0.4) is 0 Å². The highest BCUT2D eigenvalue weighted by molar-refractivity contribution is 14.1. The molecule has 0 radical (unpaired) electrons. The van der Waals surface area contributed by atoms with Gasteiger partial charge in [0.15, 0.2) is 0 Å². The predicted molar refractivity (Wildman–Crippen MR) is 123 cm³/mol. The maximum atomic E-state index is 9.51. The third-order valence-corrected chi connectivity index (χ3v) is 5.56. The van der Waals surface area contributed by atoms with E-state index in [1.807, 2.05) is 66.7 Å². The Morgan fingerprint density at radius 1 is 1.11 bits per heavy atom. The summed E-state index contributed by atoms with van der Waals surface area (Å²) in [5.41, 5.74) is 3.28. The lowest BCUT2D eigenvalue weighted by Crippen LogP contribution is -1.97. The zero-order chi connectivity index (χ0) is 19.2. The molecular formula is C22H14BrClINO. The van der Waals surface area contributed by atoms with Gasteiger partial charge >= 0.3 is 0 Å². The average molecular weight is 551 g/mol. The summed E-state index contributed by atoms with van der Waals surface area (Å²) < 4.78 is 7.95. The lowest BCUT2D eigenvalue weighted by molar-refractivity contribution is 0.304. The van der Waals surface area contributed by atoms with Crippen LogP contribution in [0.25, 0.3) is 11.6 Å². The fourth-order valence-corrected chi connectivity index (χ4v) is 3.68. The van der Waals surface area contributed by atoms with E-state index >= 15 is 0 Å². The van der Waals surface area contributed by atoms with E-state index in [1.165, 1.54) is 0 Å².